The van der Waals surface area contributed by atoms with Gasteiger partial charge in [0.15, 0.2) is 0 Å². The fourth-order valence-electron chi connectivity index (χ4n) is 2.09. The van der Waals surface area contributed by atoms with Gasteiger partial charge in [0, 0.05) is 11.6 Å². The molecule has 1 unspecified atom stereocenters. The van der Waals surface area contributed by atoms with Crippen LogP contribution in [-0.2, 0) is 0 Å². The summed E-state index contributed by atoms with van der Waals surface area (Å²) >= 11 is 5.96. The Hall–Kier alpha value is -1.88. The monoisotopic (exact) mass is 310 g/mol. The van der Waals surface area contributed by atoms with Gasteiger partial charge in [0.1, 0.15) is 11.0 Å². The summed E-state index contributed by atoms with van der Waals surface area (Å²) in [5.74, 6) is -0.495. The smallest absolute Gasteiger partial charge is 0.297 e. The highest BCUT2D eigenvalue weighted by Gasteiger charge is 2.21. The Kier molecular flexibility index (Phi) is 4.32. The van der Waals surface area contributed by atoms with Gasteiger partial charge in [0.2, 0.25) is 0 Å². The van der Waals surface area contributed by atoms with Crippen LogP contribution in [0.5, 0.6) is 0 Å². The van der Waals surface area contributed by atoms with E-state index in [0.717, 1.165) is 4.57 Å². The normalized spacial score (nSPS) is 12.7. The first-order valence-corrected chi connectivity index (χ1v) is 7.01. The van der Waals surface area contributed by atoms with E-state index in [2.05, 4.69) is 4.98 Å². The molecular weight excluding hydrogens is 295 g/mol. The highest BCUT2D eigenvalue weighted by molar-refractivity contribution is 6.32. The van der Waals surface area contributed by atoms with Crippen molar-refractivity contribution in [3.05, 3.63) is 56.1 Å². The molecular formula is C15H16ClFN2O2. The summed E-state index contributed by atoms with van der Waals surface area (Å²) < 4.78 is 15.0. The standard InChI is InChI=1S/C15H16ClFN2O2/c1-8(2)9(3)19-14(20)12(13(16)18-15(19)21)10-6-4-5-7-11(10)17/h4-9H,1-3H3,(H,18,21). The number of aromatic amines is 1. The summed E-state index contributed by atoms with van der Waals surface area (Å²) in [7, 11) is 0. The highest BCUT2D eigenvalue weighted by atomic mass is 35.5. The van der Waals surface area contributed by atoms with Crippen molar-refractivity contribution in [1.29, 1.82) is 0 Å². The van der Waals surface area contributed by atoms with E-state index in [1.54, 1.807) is 13.0 Å². The molecule has 0 aliphatic rings. The zero-order valence-electron chi connectivity index (χ0n) is 12.0. The number of halogens is 2. The average Bonchev–Trinajstić information content (AvgIpc) is 2.40. The SMILES string of the molecule is CC(C)C(C)n1c(=O)[nH]c(Cl)c(-c2ccccc2F)c1=O. The second-order valence-corrected chi connectivity index (χ2v) is 5.64. The van der Waals surface area contributed by atoms with Crippen LogP contribution in [0.4, 0.5) is 4.39 Å². The Morgan fingerprint density at radius 1 is 1.19 bits per heavy atom. The predicted octanol–water partition coefficient (Wildman–Crippen LogP) is 3.21. The fraction of sp³-hybridized carbons (Fsp3) is 0.333. The largest absolute Gasteiger partial charge is 0.329 e. The summed E-state index contributed by atoms with van der Waals surface area (Å²) in [4.78, 5) is 27.0. The molecule has 0 saturated carbocycles. The molecule has 6 heteroatoms. The van der Waals surface area contributed by atoms with Gasteiger partial charge >= 0.3 is 5.69 Å². The van der Waals surface area contributed by atoms with Crippen LogP contribution in [0.25, 0.3) is 11.1 Å². The van der Waals surface area contributed by atoms with Crippen molar-refractivity contribution < 1.29 is 4.39 Å². The Balaban J connectivity index is 2.81. The number of rotatable bonds is 3. The third-order valence-electron chi connectivity index (χ3n) is 3.60. The summed E-state index contributed by atoms with van der Waals surface area (Å²) in [6, 6.07) is 5.50. The van der Waals surface area contributed by atoms with Gasteiger partial charge < -0.3 is 0 Å². The quantitative estimate of drug-likeness (QED) is 0.885. The maximum absolute atomic E-state index is 13.9. The Morgan fingerprint density at radius 3 is 2.38 bits per heavy atom. The van der Waals surface area contributed by atoms with Crippen molar-refractivity contribution in [3.8, 4) is 11.1 Å². The number of hydrogen-bond acceptors (Lipinski definition) is 2. The van der Waals surface area contributed by atoms with E-state index in [9.17, 15) is 14.0 Å². The minimum absolute atomic E-state index is 0.0260. The number of benzene rings is 1. The Bertz CT molecular complexity index is 780. The predicted molar refractivity (Wildman–Crippen MR) is 81.3 cm³/mol. The van der Waals surface area contributed by atoms with Gasteiger partial charge in [-0.25, -0.2) is 9.18 Å². The number of nitrogens with zero attached hydrogens (tertiary/aromatic N) is 1. The van der Waals surface area contributed by atoms with Gasteiger partial charge in [0.25, 0.3) is 5.56 Å². The Morgan fingerprint density at radius 2 is 1.81 bits per heavy atom. The number of hydrogen-bond donors (Lipinski definition) is 1. The zero-order chi connectivity index (χ0) is 15.7. The second-order valence-electron chi connectivity index (χ2n) is 5.26. The van der Waals surface area contributed by atoms with E-state index in [1.807, 2.05) is 13.8 Å². The lowest BCUT2D eigenvalue weighted by atomic mass is 10.0. The van der Waals surface area contributed by atoms with Crippen molar-refractivity contribution >= 4 is 11.6 Å². The van der Waals surface area contributed by atoms with Gasteiger partial charge in [-0.15, -0.1) is 0 Å². The van der Waals surface area contributed by atoms with Crippen molar-refractivity contribution in [3.63, 3.8) is 0 Å². The lowest BCUT2D eigenvalue weighted by Crippen LogP contribution is -2.39. The highest BCUT2D eigenvalue weighted by Crippen LogP contribution is 2.25. The zero-order valence-corrected chi connectivity index (χ0v) is 12.7. The van der Waals surface area contributed by atoms with Crippen molar-refractivity contribution in [2.45, 2.75) is 26.8 Å². The van der Waals surface area contributed by atoms with E-state index in [0.29, 0.717) is 0 Å². The first-order valence-electron chi connectivity index (χ1n) is 6.63. The van der Waals surface area contributed by atoms with Crippen LogP contribution in [0.1, 0.15) is 26.8 Å². The molecule has 2 aromatic rings. The van der Waals surface area contributed by atoms with Crippen LogP contribution in [0.2, 0.25) is 5.15 Å². The first-order chi connectivity index (χ1) is 9.84. The topological polar surface area (TPSA) is 54.9 Å². The maximum atomic E-state index is 13.9. The second kappa shape index (κ2) is 5.85. The van der Waals surface area contributed by atoms with Crippen LogP contribution in [-0.4, -0.2) is 9.55 Å². The number of aromatic nitrogens is 2. The van der Waals surface area contributed by atoms with Crippen molar-refractivity contribution in [2.75, 3.05) is 0 Å². The molecule has 1 atom stereocenters. The van der Waals surface area contributed by atoms with E-state index in [-0.39, 0.29) is 28.2 Å². The van der Waals surface area contributed by atoms with E-state index in [4.69, 9.17) is 11.6 Å². The molecule has 4 nitrogen and oxygen atoms in total. The van der Waals surface area contributed by atoms with Gasteiger partial charge in [-0.1, -0.05) is 43.6 Å². The Labute approximate surface area is 126 Å². The van der Waals surface area contributed by atoms with Crippen LogP contribution < -0.4 is 11.2 Å². The summed E-state index contributed by atoms with van der Waals surface area (Å²) in [5.41, 5.74) is -1.13. The molecule has 1 aromatic heterocycles. The van der Waals surface area contributed by atoms with Crippen LogP contribution >= 0.6 is 11.6 Å². The van der Waals surface area contributed by atoms with Gasteiger partial charge in [-0.2, -0.15) is 0 Å². The minimum atomic E-state index is -0.591. The lowest BCUT2D eigenvalue weighted by molar-refractivity contribution is 0.384. The third-order valence-corrected chi connectivity index (χ3v) is 3.89. The van der Waals surface area contributed by atoms with E-state index >= 15 is 0 Å². The molecule has 2 rings (SSSR count). The maximum Gasteiger partial charge on any atom is 0.329 e. The molecule has 0 radical (unpaired) electrons. The van der Waals surface area contributed by atoms with Crippen LogP contribution in [0.3, 0.4) is 0 Å². The molecule has 0 amide bonds. The first kappa shape index (κ1) is 15.5. The molecule has 1 heterocycles. The fourth-order valence-corrected chi connectivity index (χ4v) is 2.35. The molecule has 21 heavy (non-hydrogen) atoms. The summed E-state index contributed by atoms with van der Waals surface area (Å²) in [5, 5.41) is -0.151. The van der Waals surface area contributed by atoms with E-state index in [1.165, 1.54) is 18.2 Å². The summed E-state index contributed by atoms with van der Waals surface area (Å²) in [6.07, 6.45) is 0. The molecule has 0 spiro atoms. The molecule has 0 saturated heterocycles. The van der Waals surface area contributed by atoms with Gasteiger partial charge in [0.05, 0.1) is 5.56 Å². The number of H-pyrrole nitrogens is 1. The molecule has 0 bridgehead atoms. The minimum Gasteiger partial charge on any atom is -0.297 e. The van der Waals surface area contributed by atoms with Crippen LogP contribution in [0, 0.1) is 11.7 Å². The van der Waals surface area contributed by atoms with Crippen molar-refractivity contribution in [1.82, 2.24) is 9.55 Å². The molecule has 0 aliphatic carbocycles. The third kappa shape index (κ3) is 2.78. The molecule has 1 N–H and O–H groups in total. The van der Waals surface area contributed by atoms with Gasteiger partial charge in [-0.05, 0) is 18.9 Å². The van der Waals surface area contributed by atoms with Crippen molar-refractivity contribution in [2.24, 2.45) is 5.92 Å². The lowest BCUT2D eigenvalue weighted by Gasteiger charge is -2.19. The van der Waals surface area contributed by atoms with E-state index < -0.39 is 17.1 Å². The molecule has 0 aliphatic heterocycles. The summed E-state index contributed by atoms with van der Waals surface area (Å²) in [6.45, 7) is 5.56. The molecule has 112 valence electrons. The molecule has 1 aromatic carbocycles. The van der Waals surface area contributed by atoms with Crippen LogP contribution in [0.15, 0.2) is 33.9 Å². The number of nitrogens with one attached hydrogen (secondary N) is 1. The van der Waals surface area contributed by atoms with Gasteiger partial charge in [-0.3, -0.25) is 14.3 Å². The molecule has 0 fully saturated rings. The average molecular weight is 311 g/mol.